The second-order valence-corrected chi connectivity index (χ2v) is 6.66. The lowest BCUT2D eigenvalue weighted by molar-refractivity contribution is -0.121. The van der Waals surface area contributed by atoms with Crippen molar-refractivity contribution in [3.8, 4) is 0 Å². The molecule has 0 aliphatic carbocycles. The SMILES string of the molecule is O=C(CCCCC1SC[C@@H]2NC(=O)N[C@H]12)NCCS. The summed E-state index contributed by atoms with van der Waals surface area (Å²) in [6, 6.07) is 0.531. The number of carbonyl (C=O) groups is 2. The highest BCUT2D eigenvalue weighted by Crippen LogP contribution is 2.33. The highest BCUT2D eigenvalue weighted by Gasteiger charge is 2.42. The molecule has 0 aromatic carbocycles. The van der Waals surface area contributed by atoms with Gasteiger partial charge in [0.2, 0.25) is 5.91 Å². The van der Waals surface area contributed by atoms with Crippen LogP contribution in [0.25, 0.3) is 0 Å². The predicted molar refractivity (Wildman–Crippen MR) is 80.8 cm³/mol. The van der Waals surface area contributed by atoms with E-state index < -0.39 is 0 Å². The van der Waals surface area contributed by atoms with Gasteiger partial charge in [-0.05, 0) is 12.8 Å². The van der Waals surface area contributed by atoms with E-state index in [1.165, 1.54) is 0 Å². The minimum Gasteiger partial charge on any atom is -0.355 e. The molecule has 3 N–H and O–H groups in total. The van der Waals surface area contributed by atoms with Gasteiger partial charge >= 0.3 is 6.03 Å². The molecule has 0 saturated carbocycles. The lowest BCUT2D eigenvalue weighted by atomic mass is 10.0. The van der Waals surface area contributed by atoms with Crippen molar-refractivity contribution in [2.75, 3.05) is 18.1 Å². The fourth-order valence-electron chi connectivity index (χ4n) is 2.56. The number of thioether (sulfide) groups is 1. The third kappa shape index (κ3) is 4.21. The molecule has 5 nitrogen and oxygen atoms in total. The molecule has 108 valence electrons. The van der Waals surface area contributed by atoms with Gasteiger partial charge in [-0.25, -0.2) is 4.79 Å². The first-order chi connectivity index (χ1) is 9.20. The highest BCUT2D eigenvalue weighted by molar-refractivity contribution is 8.00. The molecule has 0 bridgehead atoms. The first-order valence-corrected chi connectivity index (χ1v) is 8.45. The standard InChI is InChI=1S/C12H21N3O2S2/c16-10(13-5-6-18)4-2-1-3-9-11-8(7-19-9)14-12(17)15-11/h8-9,11,18H,1-7H2,(H,13,16)(H2,14,15,17)/t8-,9?,11-/m0/s1. The van der Waals surface area contributed by atoms with Gasteiger partial charge in [0.15, 0.2) is 0 Å². The minimum absolute atomic E-state index is 0.0357. The highest BCUT2D eigenvalue weighted by atomic mass is 32.2. The third-order valence-corrected chi connectivity index (χ3v) is 5.25. The molecule has 0 aromatic rings. The maximum Gasteiger partial charge on any atom is 0.315 e. The van der Waals surface area contributed by atoms with E-state index in [2.05, 4.69) is 28.6 Å². The van der Waals surface area contributed by atoms with Crippen LogP contribution in [-0.4, -0.2) is 47.3 Å². The van der Waals surface area contributed by atoms with Crippen molar-refractivity contribution in [1.82, 2.24) is 16.0 Å². The summed E-state index contributed by atoms with van der Waals surface area (Å²) in [5.74, 6) is 1.79. The molecule has 3 amide bonds. The molecule has 2 heterocycles. The number of carbonyl (C=O) groups excluding carboxylic acids is 2. The van der Waals surface area contributed by atoms with Crippen molar-refractivity contribution < 1.29 is 9.59 Å². The average Bonchev–Trinajstić information content (AvgIpc) is 2.92. The Bertz CT molecular complexity index is 341. The number of amides is 3. The molecule has 2 fully saturated rings. The molecule has 19 heavy (non-hydrogen) atoms. The topological polar surface area (TPSA) is 70.2 Å². The van der Waals surface area contributed by atoms with Crippen LogP contribution < -0.4 is 16.0 Å². The van der Waals surface area contributed by atoms with Crippen LogP contribution in [0.3, 0.4) is 0 Å². The van der Waals surface area contributed by atoms with Crippen molar-refractivity contribution in [3.63, 3.8) is 0 Å². The molecule has 0 radical (unpaired) electrons. The van der Waals surface area contributed by atoms with Gasteiger partial charge in [-0.2, -0.15) is 24.4 Å². The maximum absolute atomic E-state index is 11.4. The van der Waals surface area contributed by atoms with E-state index in [4.69, 9.17) is 0 Å². The summed E-state index contributed by atoms with van der Waals surface area (Å²) in [6.45, 7) is 0.641. The second-order valence-electron chi connectivity index (χ2n) is 4.94. The lowest BCUT2D eigenvalue weighted by Gasteiger charge is -2.16. The second kappa shape index (κ2) is 7.28. The van der Waals surface area contributed by atoms with Gasteiger partial charge in [-0.1, -0.05) is 6.42 Å². The molecule has 2 rings (SSSR count). The van der Waals surface area contributed by atoms with Gasteiger partial charge in [0.1, 0.15) is 0 Å². The lowest BCUT2D eigenvalue weighted by Crippen LogP contribution is -2.36. The van der Waals surface area contributed by atoms with Crippen molar-refractivity contribution in [2.24, 2.45) is 0 Å². The van der Waals surface area contributed by atoms with E-state index in [1.807, 2.05) is 11.8 Å². The summed E-state index contributed by atoms with van der Waals surface area (Å²) < 4.78 is 0. The first kappa shape index (κ1) is 14.8. The van der Waals surface area contributed by atoms with Crippen LogP contribution in [0.4, 0.5) is 4.79 Å². The first-order valence-electron chi connectivity index (χ1n) is 6.77. The van der Waals surface area contributed by atoms with Crippen LogP contribution >= 0.6 is 24.4 Å². The normalized spacial score (nSPS) is 28.7. The Hall–Kier alpha value is -0.560. The van der Waals surface area contributed by atoms with Crippen LogP contribution in [0, 0.1) is 0 Å². The Labute approximate surface area is 123 Å². The van der Waals surface area contributed by atoms with Crippen molar-refractivity contribution in [3.05, 3.63) is 0 Å². The number of thiol groups is 1. The van der Waals surface area contributed by atoms with E-state index >= 15 is 0 Å². The van der Waals surface area contributed by atoms with Gasteiger partial charge in [0.05, 0.1) is 12.1 Å². The monoisotopic (exact) mass is 303 g/mol. The summed E-state index contributed by atoms with van der Waals surface area (Å²) in [7, 11) is 0. The number of nitrogens with one attached hydrogen (secondary N) is 3. The maximum atomic E-state index is 11.4. The zero-order valence-corrected chi connectivity index (χ0v) is 12.6. The van der Waals surface area contributed by atoms with Crippen LogP contribution in [0.15, 0.2) is 0 Å². The van der Waals surface area contributed by atoms with E-state index in [1.54, 1.807) is 0 Å². The average molecular weight is 303 g/mol. The molecular weight excluding hydrogens is 282 g/mol. The van der Waals surface area contributed by atoms with Gasteiger partial charge in [-0.3, -0.25) is 4.79 Å². The molecule has 3 atom stereocenters. The molecule has 2 aliphatic heterocycles. The number of urea groups is 1. The summed E-state index contributed by atoms with van der Waals surface area (Å²) in [6.07, 6.45) is 3.59. The number of hydrogen-bond acceptors (Lipinski definition) is 4. The summed E-state index contributed by atoms with van der Waals surface area (Å²) in [5, 5.41) is 9.23. The summed E-state index contributed by atoms with van der Waals surface area (Å²) in [4.78, 5) is 22.6. The largest absolute Gasteiger partial charge is 0.355 e. The Morgan fingerprint density at radius 2 is 2.26 bits per heavy atom. The van der Waals surface area contributed by atoms with Crippen LogP contribution in [-0.2, 0) is 4.79 Å². The van der Waals surface area contributed by atoms with Crippen molar-refractivity contribution in [1.29, 1.82) is 0 Å². The summed E-state index contributed by atoms with van der Waals surface area (Å²) >= 11 is 5.97. The van der Waals surface area contributed by atoms with E-state index in [0.29, 0.717) is 30.0 Å². The fourth-order valence-corrected chi connectivity index (χ4v) is 4.21. The van der Waals surface area contributed by atoms with Gasteiger partial charge in [0.25, 0.3) is 0 Å². The predicted octanol–water partition coefficient (Wildman–Crippen LogP) is 0.758. The number of rotatable bonds is 7. The third-order valence-electron chi connectivity index (χ3n) is 3.51. The molecule has 7 heteroatoms. The van der Waals surface area contributed by atoms with Crippen molar-refractivity contribution >= 4 is 36.3 Å². The Morgan fingerprint density at radius 3 is 3.05 bits per heavy atom. The molecular formula is C12H21N3O2S2. The molecule has 1 unspecified atom stereocenters. The molecule has 0 aromatic heterocycles. The number of unbranched alkanes of at least 4 members (excludes halogenated alkanes) is 1. The molecule has 0 spiro atoms. The van der Waals surface area contributed by atoms with Gasteiger partial charge in [0, 0.05) is 29.7 Å². The number of fused-ring (bicyclic) bond motifs is 1. The van der Waals surface area contributed by atoms with E-state index in [0.717, 1.165) is 25.0 Å². The Morgan fingerprint density at radius 1 is 1.42 bits per heavy atom. The van der Waals surface area contributed by atoms with Crippen LogP contribution in [0.1, 0.15) is 25.7 Å². The Kier molecular flexibility index (Phi) is 5.69. The van der Waals surface area contributed by atoms with Crippen molar-refractivity contribution in [2.45, 2.75) is 43.0 Å². The number of hydrogen-bond donors (Lipinski definition) is 4. The molecule has 2 aliphatic rings. The smallest absolute Gasteiger partial charge is 0.315 e. The quantitative estimate of drug-likeness (QED) is 0.319. The van der Waals surface area contributed by atoms with E-state index in [-0.39, 0.29) is 18.0 Å². The van der Waals surface area contributed by atoms with Crippen LogP contribution in [0.2, 0.25) is 0 Å². The summed E-state index contributed by atoms with van der Waals surface area (Å²) in [5.41, 5.74) is 0. The molecule has 2 saturated heterocycles. The Balaban J connectivity index is 1.59. The van der Waals surface area contributed by atoms with E-state index in [9.17, 15) is 9.59 Å². The van der Waals surface area contributed by atoms with Gasteiger partial charge < -0.3 is 16.0 Å². The zero-order valence-electron chi connectivity index (χ0n) is 10.9. The zero-order chi connectivity index (χ0) is 13.7. The fraction of sp³-hybridized carbons (Fsp3) is 0.833. The van der Waals surface area contributed by atoms with Crippen LogP contribution in [0.5, 0.6) is 0 Å². The van der Waals surface area contributed by atoms with Gasteiger partial charge in [-0.15, -0.1) is 0 Å². The minimum atomic E-state index is -0.0357.